The van der Waals surface area contributed by atoms with Crippen LogP contribution < -0.4 is 20.4 Å². The van der Waals surface area contributed by atoms with Crippen LogP contribution in [0.4, 0.5) is 20.7 Å². The number of nitrogens with one attached hydrogen (secondary N) is 2. The second kappa shape index (κ2) is 9.08. The van der Waals surface area contributed by atoms with Gasteiger partial charge in [0.2, 0.25) is 0 Å². The van der Waals surface area contributed by atoms with E-state index >= 15 is 0 Å². The van der Waals surface area contributed by atoms with Gasteiger partial charge in [0.1, 0.15) is 11.6 Å². The summed E-state index contributed by atoms with van der Waals surface area (Å²) in [5, 5.41) is 6.42. The molecule has 34 heavy (non-hydrogen) atoms. The molecule has 5 aliphatic rings. The summed E-state index contributed by atoms with van der Waals surface area (Å²) >= 11 is 0. The molecule has 0 spiro atoms. The highest BCUT2D eigenvalue weighted by Gasteiger charge is 2.48. The van der Waals surface area contributed by atoms with E-state index in [9.17, 15) is 9.18 Å². The van der Waals surface area contributed by atoms with Crippen LogP contribution in [0, 0.1) is 29.5 Å². The summed E-state index contributed by atoms with van der Waals surface area (Å²) in [4.78, 5) is 21.8. The molecule has 0 unspecified atom stereocenters. The Morgan fingerprint density at radius 2 is 1.56 bits per heavy atom. The van der Waals surface area contributed by atoms with Crippen LogP contribution in [0.5, 0.6) is 0 Å². The molecule has 2 heterocycles. The highest BCUT2D eigenvalue weighted by Crippen LogP contribution is 2.53. The Balaban J connectivity index is 1.01. The highest BCUT2D eigenvalue weighted by molar-refractivity contribution is 5.74. The Labute approximate surface area is 200 Å². The Bertz CT molecular complexity index is 992. The lowest BCUT2D eigenvalue weighted by Gasteiger charge is -2.54. The first-order valence-corrected chi connectivity index (χ1v) is 12.9. The third-order valence-electron chi connectivity index (χ3n) is 8.58. The van der Waals surface area contributed by atoms with Crippen molar-refractivity contribution < 1.29 is 9.18 Å². The molecule has 180 valence electrons. The number of hydrogen-bond donors (Lipinski definition) is 2. The molecule has 4 saturated carbocycles. The number of amides is 2. The van der Waals surface area contributed by atoms with Gasteiger partial charge in [-0.1, -0.05) is 0 Å². The minimum Gasteiger partial charge on any atom is -0.368 e. The zero-order valence-corrected chi connectivity index (χ0v) is 19.6. The van der Waals surface area contributed by atoms with E-state index in [4.69, 9.17) is 0 Å². The number of halogens is 1. The largest absolute Gasteiger partial charge is 0.368 e. The molecule has 2 N–H and O–H groups in total. The normalized spacial score (nSPS) is 29.9. The van der Waals surface area contributed by atoms with Crippen LogP contribution >= 0.6 is 0 Å². The van der Waals surface area contributed by atoms with Gasteiger partial charge in [-0.05, 0) is 97.7 Å². The average molecular weight is 464 g/mol. The molecule has 1 aromatic heterocycles. The number of anilines is 2. The van der Waals surface area contributed by atoms with E-state index in [1.807, 2.05) is 24.4 Å². The number of aromatic nitrogens is 1. The fourth-order valence-electron chi connectivity index (χ4n) is 7.13. The third kappa shape index (κ3) is 4.44. The maximum Gasteiger partial charge on any atom is 0.315 e. The van der Waals surface area contributed by atoms with E-state index in [1.54, 1.807) is 0 Å². The second-order valence-corrected chi connectivity index (χ2v) is 10.8. The van der Waals surface area contributed by atoms with Crippen molar-refractivity contribution in [2.75, 3.05) is 36.0 Å². The first-order chi connectivity index (χ1) is 16.6. The Morgan fingerprint density at radius 3 is 2.24 bits per heavy atom. The molecule has 6 nitrogen and oxygen atoms in total. The lowest BCUT2D eigenvalue weighted by Crippen LogP contribution is -2.57. The van der Waals surface area contributed by atoms with Gasteiger partial charge in [-0.15, -0.1) is 0 Å². The van der Waals surface area contributed by atoms with Gasteiger partial charge < -0.3 is 20.4 Å². The van der Waals surface area contributed by atoms with Crippen molar-refractivity contribution in [2.24, 2.45) is 23.7 Å². The summed E-state index contributed by atoms with van der Waals surface area (Å²) in [6, 6.07) is 11.1. The summed E-state index contributed by atoms with van der Waals surface area (Å²) < 4.78 is 13.2. The lowest BCUT2D eigenvalue weighted by molar-refractivity contribution is -0.00942. The molecule has 1 aromatic carbocycles. The number of pyridine rings is 1. The third-order valence-corrected chi connectivity index (χ3v) is 8.58. The number of rotatable bonds is 5. The first-order valence-electron chi connectivity index (χ1n) is 12.9. The SMILES string of the molecule is O=C(NCc1ccnc(N2CCN(c3ccc(F)cc3)CC2)c1)NC1C2CC3CC(C2)CC1C3. The number of hydrogen-bond acceptors (Lipinski definition) is 4. The van der Waals surface area contributed by atoms with Gasteiger partial charge in [-0.25, -0.2) is 14.2 Å². The number of nitrogens with zero attached hydrogens (tertiary/aromatic N) is 3. The lowest BCUT2D eigenvalue weighted by atomic mass is 9.54. The van der Waals surface area contributed by atoms with Crippen LogP contribution in [-0.2, 0) is 6.54 Å². The quantitative estimate of drug-likeness (QED) is 0.699. The molecule has 0 radical (unpaired) electrons. The molecule has 1 aliphatic heterocycles. The van der Waals surface area contributed by atoms with E-state index in [0.717, 1.165) is 55.1 Å². The van der Waals surface area contributed by atoms with E-state index in [1.165, 1.54) is 44.2 Å². The first kappa shape index (κ1) is 21.7. The standard InChI is InChI=1S/C27H34FN5O/c28-23-1-3-24(4-2-23)32-7-9-33(10-8-32)25-16-18(5-6-29-25)17-30-27(34)31-26-21-12-19-11-20(14-21)15-22(26)13-19/h1-6,16,19-22,26H,7-15,17H2,(H2,30,31,34). The van der Waals surface area contributed by atoms with E-state index in [-0.39, 0.29) is 11.8 Å². The molecule has 0 atom stereocenters. The minimum absolute atomic E-state index is 0.0382. The molecule has 2 aromatic rings. The van der Waals surface area contributed by atoms with Gasteiger partial charge in [0.25, 0.3) is 0 Å². The average Bonchev–Trinajstić information content (AvgIpc) is 2.85. The van der Waals surface area contributed by atoms with Crippen molar-refractivity contribution in [1.29, 1.82) is 0 Å². The number of carbonyl (C=O) groups is 1. The van der Waals surface area contributed by atoms with Crippen molar-refractivity contribution in [3.63, 3.8) is 0 Å². The van der Waals surface area contributed by atoms with Gasteiger partial charge in [0.15, 0.2) is 0 Å². The topological polar surface area (TPSA) is 60.5 Å². The van der Waals surface area contributed by atoms with Crippen LogP contribution in [0.2, 0.25) is 0 Å². The monoisotopic (exact) mass is 463 g/mol. The zero-order valence-electron chi connectivity index (χ0n) is 19.6. The minimum atomic E-state index is -0.205. The summed E-state index contributed by atoms with van der Waals surface area (Å²) in [7, 11) is 0. The Hall–Kier alpha value is -2.83. The molecule has 7 rings (SSSR count). The molecule has 5 fully saturated rings. The van der Waals surface area contributed by atoms with Crippen molar-refractivity contribution >= 4 is 17.5 Å². The van der Waals surface area contributed by atoms with Crippen LogP contribution in [0.15, 0.2) is 42.6 Å². The second-order valence-electron chi connectivity index (χ2n) is 10.8. The fourth-order valence-corrected chi connectivity index (χ4v) is 7.13. The molecular weight excluding hydrogens is 429 g/mol. The summed E-state index contributed by atoms with van der Waals surface area (Å²) in [6.07, 6.45) is 8.48. The molecule has 7 heteroatoms. The summed E-state index contributed by atoms with van der Waals surface area (Å²) in [5.74, 6) is 3.93. The number of piperazine rings is 1. The Morgan fingerprint density at radius 1 is 0.912 bits per heavy atom. The Kier molecular flexibility index (Phi) is 5.79. The molecule has 1 saturated heterocycles. The van der Waals surface area contributed by atoms with Crippen molar-refractivity contribution in [3.8, 4) is 0 Å². The van der Waals surface area contributed by atoms with Gasteiger partial charge >= 0.3 is 6.03 Å². The zero-order chi connectivity index (χ0) is 23.1. The molecule has 2 amide bonds. The van der Waals surface area contributed by atoms with Crippen LogP contribution in [0.3, 0.4) is 0 Å². The summed E-state index contributed by atoms with van der Waals surface area (Å²) in [5.41, 5.74) is 2.11. The predicted molar refractivity (Wildman–Crippen MR) is 131 cm³/mol. The highest BCUT2D eigenvalue weighted by atomic mass is 19.1. The number of benzene rings is 1. The van der Waals surface area contributed by atoms with E-state index < -0.39 is 0 Å². The molecule has 4 bridgehead atoms. The predicted octanol–water partition coefficient (Wildman–Crippen LogP) is 4.17. The molecular formula is C27H34FN5O. The van der Waals surface area contributed by atoms with Gasteiger partial charge in [-0.2, -0.15) is 0 Å². The maximum atomic E-state index is 13.2. The smallest absolute Gasteiger partial charge is 0.315 e. The molecule has 4 aliphatic carbocycles. The van der Waals surface area contributed by atoms with Crippen LogP contribution in [-0.4, -0.2) is 43.2 Å². The fraction of sp³-hybridized carbons (Fsp3) is 0.556. The van der Waals surface area contributed by atoms with Crippen molar-refractivity contribution in [3.05, 3.63) is 54.0 Å². The van der Waals surface area contributed by atoms with Crippen molar-refractivity contribution in [2.45, 2.75) is 44.7 Å². The summed E-state index contributed by atoms with van der Waals surface area (Å²) in [6.45, 7) is 3.94. The number of carbonyl (C=O) groups excluding carboxylic acids is 1. The number of urea groups is 1. The maximum absolute atomic E-state index is 13.2. The van der Waals surface area contributed by atoms with Gasteiger partial charge in [-0.3, -0.25) is 0 Å². The van der Waals surface area contributed by atoms with E-state index in [2.05, 4.69) is 31.5 Å². The van der Waals surface area contributed by atoms with Gasteiger partial charge in [0, 0.05) is 50.6 Å². The van der Waals surface area contributed by atoms with Crippen molar-refractivity contribution in [1.82, 2.24) is 15.6 Å². The van der Waals surface area contributed by atoms with Gasteiger partial charge in [0.05, 0.1) is 0 Å². The van der Waals surface area contributed by atoms with Crippen LogP contribution in [0.1, 0.15) is 37.7 Å². The van der Waals surface area contributed by atoms with E-state index in [0.29, 0.717) is 24.4 Å². The van der Waals surface area contributed by atoms with Crippen LogP contribution in [0.25, 0.3) is 0 Å².